The lowest BCUT2D eigenvalue weighted by atomic mass is 10.3. The molecule has 3 rings (SSSR count). The van der Waals surface area contributed by atoms with Crippen molar-refractivity contribution < 1.29 is 14.0 Å². The Morgan fingerprint density at radius 2 is 2.04 bits per heavy atom. The normalized spacial score (nSPS) is 11.5. The molecule has 1 aromatic carbocycles. The van der Waals surface area contributed by atoms with Gasteiger partial charge in [0.1, 0.15) is 12.3 Å². The molecule has 0 aliphatic carbocycles. The summed E-state index contributed by atoms with van der Waals surface area (Å²) < 4.78 is 8.07. The number of aromatic nitrogens is 1. The number of hydrogen-bond acceptors (Lipinski definition) is 5. The molecule has 0 unspecified atom stereocenters. The molecule has 3 aromatic rings. The first-order valence-corrected chi connectivity index (χ1v) is 8.36. The second-order valence-corrected chi connectivity index (χ2v) is 6.18. The van der Waals surface area contributed by atoms with Crippen molar-refractivity contribution >= 4 is 33.5 Å². The zero-order chi connectivity index (χ0) is 17.6. The summed E-state index contributed by atoms with van der Waals surface area (Å²) in [6, 6.07) is 10.9. The Labute approximate surface area is 147 Å². The zero-order valence-corrected chi connectivity index (χ0v) is 14.3. The molecule has 0 bridgehead atoms. The fraction of sp³-hybridized carbons (Fsp3) is 0.188. The molecular weight excluding hydrogens is 342 g/mol. The van der Waals surface area contributed by atoms with Crippen LogP contribution in [0.1, 0.15) is 5.76 Å². The summed E-state index contributed by atoms with van der Waals surface area (Å²) in [5, 5.41) is 9.14. The van der Waals surface area contributed by atoms with Gasteiger partial charge >= 0.3 is 6.03 Å². The van der Waals surface area contributed by atoms with Crippen LogP contribution in [-0.2, 0) is 18.4 Å². The second-order valence-electron chi connectivity index (χ2n) is 5.17. The van der Waals surface area contributed by atoms with Crippen LogP contribution < -0.4 is 20.9 Å². The van der Waals surface area contributed by atoms with E-state index in [0.717, 1.165) is 10.2 Å². The summed E-state index contributed by atoms with van der Waals surface area (Å²) in [5.74, 6) is 0.220. The molecule has 0 aliphatic rings. The maximum Gasteiger partial charge on any atom is 0.315 e. The van der Waals surface area contributed by atoms with Crippen LogP contribution in [0.2, 0.25) is 0 Å². The predicted octanol–water partition coefficient (Wildman–Crippen LogP) is 1.26. The number of nitrogens with zero attached hydrogens (tertiary/aromatic N) is 2. The highest BCUT2D eigenvalue weighted by molar-refractivity contribution is 7.16. The summed E-state index contributed by atoms with van der Waals surface area (Å²) in [7, 11) is 1.88. The Bertz CT molecular complexity index is 942. The molecular formula is C16H17N5O3S. The number of hydrogen-bond donors (Lipinski definition) is 3. The lowest BCUT2D eigenvalue weighted by Gasteiger charge is -2.05. The van der Waals surface area contributed by atoms with E-state index in [4.69, 9.17) is 4.42 Å². The highest BCUT2D eigenvalue weighted by Crippen LogP contribution is 2.14. The number of carbonyl (C=O) groups is 2. The number of amides is 3. The van der Waals surface area contributed by atoms with E-state index in [2.05, 4.69) is 21.2 Å². The maximum atomic E-state index is 11.8. The van der Waals surface area contributed by atoms with Gasteiger partial charge in [-0.3, -0.25) is 4.79 Å². The van der Waals surface area contributed by atoms with Gasteiger partial charge in [0.15, 0.2) is 0 Å². The van der Waals surface area contributed by atoms with E-state index in [1.807, 2.05) is 35.9 Å². The monoisotopic (exact) mass is 359 g/mol. The summed E-state index contributed by atoms with van der Waals surface area (Å²) in [6.07, 6.45) is 1.53. The lowest BCUT2D eigenvalue weighted by molar-refractivity contribution is -0.120. The Hall–Kier alpha value is -3.07. The van der Waals surface area contributed by atoms with E-state index in [1.165, 1.54) is 17.6 Å². The number of nitrogens with one attached hydrogen (secondary N) is 3. The topological polar surface area (TPSA) is 101 Å². The van der Waals surface area contributed by atoms with Crippen LogP contribution in [0.15, 0.2) is 52.2 Å². The van der Waals surface area contributed by atoms with Crippen LogP contribution >= 0.6 is 11.3 Å². The molecule has 2 aromatic heterocycles. The first kappa shape index (κ1) is 16.8. The fourth-order valence-corrected chi connectivity index (χ4v) is 3.12. The average molecular weight is 359 g/mol. The van der Waals surface area contributed by atoms with Gasteiger partial charge in [0.05, 0.1) is 23.0 Å². The number of aryl methyl sites for hydroxylation is 1. The molecule has 0 saturated heterocycles. The minimum Gasteiger partial charge on any atom is -0.467 e. The van der Waals surface area contributed by atoms with Crippen LogP contribution in [0.5, 0.6) is 0 Å². The molecule has 2 heterocycles. The number of para-hydroxylation sites is 1. The molecule has 130 valence electrons. The summed E-state index contributed by atoms with van der Waals surface area (Å²) in [4.78, 5) is 24.1. The number of urea groups is 1. The van der Waals surface area contributed by atoms with Crippen molar-refractivity contribution in [1.29, 1.82) is 0 Å². The molecule has 0 spiro atoms. The van der Waals surface area contributed by atoms with Crippen LogP contribution in [0.25, 0.3) is 10.2 Å². The van der Waals surface area contributed by atoms with Crippen molar-refractivity contribution in [2.24, 2.45) is 12.1 Å². The zero-order valence-electron chi connectivity index (χ0n) is 13.5. The van der Waals surface area contributed by atoms with Gasteiger partial charge in [0.2, 0.25) is 4.80 Å². The van der Waals surface area contributed by atoms with E-state index in [-0.39, 0.29) is 13.1 Å². The van der Waals surface area contributed by atoms with E-state index in [0.29, 0.717) is 10.6 Å². The number of furan rings is 1. The number of fused-ring (bicyclic) bond motifs is 1. The van der Waals surface area contributed by atoms with Crippen molar-refractivity contribution in [3.63, 3.8) is 0 Å². The number of thiazole rings is 1. The first-order valence-electron chi connectivity index (χ1n) is 7.54. The highest BCUT2D eigenvalue weighted by atomic mass is 32.1. The van der Waals surface area contributed by atoms with E-state index in [1.54, 1.807) is 12.1 Å². The van der Waals surface area contributed by atoms with E-state index < -0.39 is 11.9 Å². The molecule has 25 heavy (non-hydrogen) atoms. The third-order valence-electron chi connectivity index (χ3n) is 3.40. The fourth-order valence-electron chi connectivity index (χ4n) is 2.14. The number of carbonyl (C=O) groups excluding carboxylic acids is 2. The van der Waals surface area contributed by atoms with Crippen LogP contribution in [0, 0.1) is 0 Å². The van der Waals surface area contributed by atoms with Crippen molar-refractivity contribution in [2.75, 3.05) is 6.54 Å². The third kappa shape index (κ3) is 4.27. The molecule has 0 saturated carbocycles. The number of rotatable bonds is 5. The minimum absolute atomic E-state index is 0.178. The Morgan fingerprint density at radius 1 is 1.20 bits per heavy atom. The molecule has 8 nitrogen and oxygen atoms in total. The molecule has 0 fully saturated rings. The average Bonchev–Trinajstić information content (AvgIpc) is 3.25. The van der Waals surface area contributed by atoms with Crippen molar-refractivity contribution in [1.82, 2.24) is 20.6 Å². The molecule has 3 N–H and O–H groups in total. The Kier molecular flexibility index (Phi) is 5.14. The van der Waals surface area contributed by atoms with Gasteiger partial charge < -0.3 is 19.6 Å². The quantitative estimate of drug-likeness (QED) is 0.598. The minimum atomic E-state index is -0.459. The maximum absolute atomic E-state index is 11.8. The van der Waals surface area contributed by atoms with Gasteiger partial charge in [-0.2, -0.15) is 0 Å². The summed E-state index contributed by atoms with van der Waals surface area (Å²) in [6.45, 7) is 0.0740. The highest BCUT2D eigenvalue weighted by Gasteiger charge is 2.06. The Morgan fingerprint density at radius 3 is 2.80 bits per heavy atom. The SMILES string of the molecule is Cn1/c(=N/NC(=O)CNC(=O)NCc2ccco2)sc2ccccc21. The molecule has 0 radical (unpaired) electrons. The van der Waals surface area contributed by atoms with Gasteiger partial charge in [0.25, 0.3) is 5.91 Å². The number of benzene rings is 1. The smallest absolute Gasteiger partial charge is 0.315 e. The van der Waals surface area contributed by atoms with Crippen molar-refractivity contribution in [3.8, 4) is 0 Å². The van der Waals surface area contributed by atoms with E-state index in [9.17, 15) is 9.59 Å². The molecule has 3 amide bonds. The van der Waals surface area contributed by atoms with Crippen LogP contribution in [0.4, 0.5) is 4.79 Å². The lowest BCUT2D eigenvalue weighted by Crippen LogP contribution is -2.41. The molecule has 9 heteroatoms. The third-order valence-corrected chi connectivity index (χ3v) is 4.52. The van der Waals surface area contributed by atoms with Crippen molar-refractivity contribution in [3.05, 3.63) is 53.2 Å². The van der Waals surface area contributed by atoms with E-state index >= 15 is 0 Å². The Balaban J connectivity index is 1.50. The summed E-state index contributed by atoms with van der Waals surface area (Å²) in [5.41, 5.74) is 3.48. The second kappa shape index (κ2) is 7.67. The van der Waals surface area contributed by atoms with Gasteiger partial charge in [-0.1, -0.05) is 23.5 Å². The summed E-state index contributed by atoms with van der Waals surface area (Å²) >= 11 is 1.47. The van der Waals surface area contributed by atoms with Gasteiger partial charge in [-0.05, 0) is 24.3 Å². The van der Waals surface area contributed by atoms with Crippen LogP contribution in [0.3, 0.4) is 0 Å². The molecule has 0 atom stereocenters. The van der Waals surface area contributed by atoms with Crippen molar-refractivity contribution in [2.45, 2.75) is 6.54 Å². The van der Waals surface area contributed by atoms with Gasteiger partial charge in [-0.15, -0.1) is 5.10 Å². The standard InChI is InChI=1S/C16H17N5O3S/c1-21-12-6-2-3-7-13(12)25-16(21)20-19-14(22)10-18-15(23)17-9-11-5-4-8-24-11/h2-8H,9-10H2,1H3,(H,19,22)(H2,17,18,23)/b20-16-. The predicted molar refractivity (Wildman–Crippen MR) is 93.4 cm³/mol. The molecule has 0 aliphatic heterocycles. The van der Waals surface area contributed by atoms with Crippen LogP contribution in [-0.4, -0.2) is 23.1 Å². The van der Waals surface area contributed by atoms with Gasteiger partial charge in [0, 0.05) is 7.05 Å². The van der Waals surface area contributed by atoms with Gasteiger partial charge in [-0.25, -0.2) is 10.2 Å². The first-order chi connectivity index (χ1) is 12.1. The largest absolute Gasteiger partial charge is 0.467 e.